The van der Waals surface area contributed by atoms with Crippen LogP contribution in [0.25, 0.3) is 0 Å². The van der Waals surface area contributed by atoms with Gasteiger partial charge < -0.3 is 5.32 Å². The molecule has 0 aliphatic rings. The molecular formula is C12H15Cl2N. The molecule has 0 saturated carbocycles. The van der Waals surface area contributed by atoms with Crippen molar-refractivity contribution in [2.45, 2.75) is 20.4 Å². The lowest BCUT2D eigenvalue weighted by atomic mass is 10.2. The highest BCUT2D eigenvalue weighted by Gasteiger charge is 2.03. The van der Waals surface area contributed by atoms with E-state index in [9.17, 15) is 0 Å². The fourth-order valence-electron chi connectivity index (χ4n) is 1.17. The van der Waals surface area contributed by atoms with Crippen molar-refractivity contribution in [3.8, 4) is 0 Å². The molecule has 1 aromatic carbocycles. The van der Waals surface area contributed by atoms with Gasteiger partial charge in [-0.3, -0.25) is 0 Å². The smallest absolute Gasteiger partial charge is 0.0465 e. The Balaban J connectivity index is 2.54. The van der Waals surface area contributed by atoms with Gasteiger partial charge in [0.1, 0.15) is 0 Å². The third kappa shape index (κ3) is 4.25. The van der Waals surface area contributed by atoms with Gasteiger partial charge in [0.25, 0.3) is 0 Å². The highest BCUT2D eigenvalue weighted by atomic mass is 35.5. The van der Waals surface area contributed by atoms with Crippen LogP contribution in [0.3, 0.4) is 0 Å². The molecule has 1 aromatic rings. The number of rotatable bonds is 4. The highest BCUT2D eigenvalue weighted by Crippen LogP contribution is 2.23. The van der Waals surface area contributed by atoms with E-state index in [1.165, 1.54) is 5.57 Å². The molecule has 1 nitrogen and oxygen atoms in total. The summed E-state index contributed by atoms with van der Waals surface area (Å²) >= 11 is 12.1. The molecule has 15 heavy (non-hydrogen) atoms. The molecule has 0 bridgehead atoms. The van der Waals surface area contributed by atoms with Gasteiger partial charge in [-0.15, -0.1) is 0 Å². The number of hydrogen-bond donors (Lipinski definition) is 1. The summed E-state index contributed by atoms with van der Waals surface area (Å²) in [7, 11) is 0. The van der Waals surface area contributed by atoms with Gasteiger partial charge in [0, 0.05) is 28.7 Å². The zero-order valence-electron chi connectivity index (χ0n) is 8.98. The van der Waals surface area contributed by atoms with E-state index in [1.54, 1.807) is 0 Å². The third-order valence-corrected chi connectivity index (χ3v) is 2.73. The van der Waals surface area contributed by atoms with Crippen molar-refractivity contribution >= 4 is 23.2 Å². The maximum atomic E-state index is 6.03. The quantitative estimate of drug-likeness (QED) is 0.622. The van der Waals surface area contributed by atoms with E-state index in [0.29, 0.717) is 16.6 Å². The van der Waals surface area contributed by atoms with E-state index >= 15 is 0 Å². The Kier molecular flexibility index (Phi) is 5.16. The summed E-state index contributed by atoms with van der Waals surface area (Å²) in [6.45, 7) is 5.68. The van der Waals surface area contributed by atoms with Gasteiger partial charge in [0.05, 0.1) is 0 Å². The van der Waals surface area contributed by atoms with E-state index in [-0.39, 0.29) is 0 Å². The van der Waals surface area contributed by atoms with Gasteiger partial charge >= 0.3 is 0 Å². The molecule has 82 valence electrons. The minimum Gasteiger partial charge on any atom is -0.309 e. The molecule has 0 fully saturated rings. The fraction of sp³-hybridized carbons (Fsp3) is 0.333. The Morgan fingerprint density at radius 2 is 1.87 bits per heavy atom. The van der Waals surface area contributed by atoms with Crippen LogP contribution in [0.15, 0.2) is 29.8 Å². The number of halogens is 2. The van der Waals surface area contributed by atoms with E-state index in [2.05, 4.69) is 25.2 Å². The van der Waals surface area contributed by atoms with Crippen LogP contribution in [0.2, 0.25) is 10.0 Å². The van der Waals surface area contributed by atoms with Crippen molar-refractivity contribution < 1.29 is 0 Å². The Morgan fingerprint density at radius 1 is 1.27 bits per heavy atom. The standard InChI is InChI=1S/C12H15Cl2N/c1-9(2)6-7-15-8-10-11(13)4-3-5-12(10)14/h3-6,15H,7-8H2,1-2H3. The summed E-state index contributed by atoms with van der Waals surface area (Å²) in [5.74, 6) is 0. The Labute approximate surface area is 101 Å². The minimum atomic E-state index is 0.697. The second-order valence-corrected chi connectivity index (χ2v) is 4.43. The third-order valence-electron chi connectivity index (χ3n) is 2.02. The molecule has 0 aliphatic carbocycles. The molecule has 1 rings (SSSR count). The minimum absolute atomic E-state index is 0.697. The summed E-state index contributed by atoms with van der Waals surface area (Å²) in [5.41, 5.74) is 2.26. The fourth-order valence-corrected chi connectivity index (χ4v) is 1.71. The van der Waals surface area contributed by atoms with Gasteiger partial charge in [0.15, 0.2) is 0 Å². The molecule has 3 heteroatoms. The maximum Gasteiger partial charge on any atom is 0.0465 e. The summed E-state index contributed by atoms with van der Waals surface area (Å²) in [6, 6.07) is 5.56. The summed E-state index contributed by atoms with van der Waals surface area (Å²) in [5, 5.41) is 4.70. The van der Waals surface area contributed by atoms with Gasteiger partial charge in [-0.25, -0.2) is 0 Å². The molecule has 1 N–H and O–H groups in total. The number of benzene rings is 1. The number of nitrogens with one attached hydrogen (secondary N) is 1. The highest BCUT2D eigenvalue weighted by molar-refractivity contribution is 6.35. The Morgan fingerprint density at radius 3 is 2.40 bits per heavy atom. The lowest BCUT2D eigenvalue weighted by Gasteiger charge is -2.07. The first-order chi connectivity index (χ1) is 7.11. The van der Waals surface area contributed by atoms with Crippen LogP contribution < -0.4 is 5.32 Å². The largest absolute Gasteiger partial charge is 0.309 e. The lowest BCUT2D eigenvalue weighted by molar-refractivity contribution is 0.757. The van der Waals surface area contributed by atoms with Crippen LogP contribution in [0.4, 0.5) is 0 Å². The first kappa shape index (κ1) is 12.6. The average Bonchev–Trinajstić information content (AvgIpc) is 2.15. The molecule has 0 spiro atoms. The van der Waals surface area contributed by atoms with E-state index in [0.717, 1.165) is 12.1 Å². The number of allylic oxidation sites excluding steroid dienone is 1. The van der Waals surface area contributed by atoms with Crippen LogP contribution in [0, 0.1) is 0 Å². The second-order valence-electron chi connectivity index (χ2n) is 3.61. The molecular weight excluding hydrogens is 229 g/mol. The van der Waals surface area contributed by atoms with Crippen LogP contribution >= 0.6 is 23.2 Å². The molecule has 0 heterocycles. The van der Waals surface area contributed by atoms with Gasteiger partial charge in [0.2, 0.25) is 0 Å². The Hall–Kier alpha value is -0.500. The van der Waals surface area contributed by atoms with Gasteiger partial charge in [-0.1, -0.05) is 40.9 Å². The van der Waals surface area contributed by atoms with E-state index < -0.39 is 0 Å². The SMILES string of the molecule is CC(C)=CCNCc1c(Cl)cccc1Cl. The van der Waals surface area contributed by atoms with E-state index in [1.807, 2.05) is 18.2 Å². The first-order valence-corrected chi connectivity index (χ1v) is 5.64. The van der Waals surface area contributed by atoms with Crippen molar-refractivity contribution in [3.63, 3.8) is 0 Å². The van der Waals surface area contributed by atoms with Crippen molar-refractivity contribution in [2.24, 2.45) is 0 Å². The lowest BCUT2D eigenvalue weighted by Crippen LogP contribution is -2.13. The van der Waals surface area contributed by atoms with Gasteiger partial charge in [-0.2, -0.15) is 0 Å². The summed E-state index contributed by atoms with van der Waals surface area (Å²) in [6.07, 6.45) is 2.13. The summed E-state index contributed by atoms with van der Waals surface area (Å²) < 4.78 is 0. The molecule has 0 aromatic heterocycles. The van der Waals surface area contributed by atoms with Crippen LogP contribution in [0.1, 0.15) is 19.4 Å². The van der Waals surface area contributed by atoms with Crippen LogP contribution in [-0.4, -0.2) is 6.54 Å². The molecule has 0 atom stereocenters. The molecule has 0 radical (unpaired) electrons. The van der Waals surface area contributed by atoms with Crippen molar-refractivity contribution in [2.75, 3.05) is 6.54 Å². The molecule has 0 saturated heterocycles. The predicted molar refractivity (Wildman–Crippen MR) is 67.6 cm³/mol. The normalized spacial score (nSPS) is 10.1. The van der Waals surface area contributed by atoms with Crippen LogP contribution in [0.5, 0.6) is 0 Å². The van der Waals surface area contributed by atoms with Crippen molar-refractivity contribution in [1.82, 2.24) is 5.32 Å². The zero-order valence-corrected chi connectivity index (χ0v) is 10.5. The zero-order chi connectivity index (χ0) is 11.3. The molecule has 0 aliphatic heterocycles. The first-order valence-electron chi connectivity index (χ1n) is 4.88. The van der Waals surface area contributed by atoms with Crippen molar-refractivity contribution in [3.05, 3.63) is 45.5 Å². The maximum absolute atomic E-state index is 6.03. The number of hydrogen-bond acceptors (Lipinski definition) is 1. The topological polar surface area (TPSA) is 12.0 Å². The van der Waals surface area contributed by atoms with E-state index in [4.69, 9.17) is 23.2 Å². The summed E-state index contributed by atoms with van der Waals surface area (Å²) in [4.78, 5) is 0. The monoisotopic (exact) mass is 243 g/mol. The van der Waals surface area contributed by atoms with Crippen LogP contribution in [-0.2, 0) is 6.54 Å². The second kappa shape index (κ2) is 6.16. The average molecular weight is 244 g/mol. The predicted octanol–water partition coefficient (Wildman–Crippen LogP) is 4.05. The van der Waals surface area contributed by atoms with Gasteiger partial charge in [-0.05, 0) is 26.0 Å². The molecule has 0 unspecified atom stereocenters. The van der Waals surface area contributed by atoms with Crippen molar-refractivity contribution in [1.29, 1.82) is 0 Å². The Bertz CT molecular complexity index is 334. The molecule has 0 amide bonds.